The second kappa shape index (κ2) is 4.94. The van der Waals surface area contributed by atoms with Crippen molar-refractivity contribution in [3.05, 3.63) is 0 Å². The number of methoxy groups -OCH3 is 1. The van der Waals surface area contributed by atoms with Crippen LogP contribution in [-0.2, 0) is 9.53 Å². The van der Waals surface area contributed by atoms with Crippen molar-refractivity contribution in [2.45, 2.75) is 50.5 Å². The van der Waals surface area contributed by atoms with Crippen molar-refractivity contribution in [1.29, 1.82) is 0 Å². The van der Waals surface area contributed by atoms with Gasteiger partial charge in [0.2, 0.25) is 0 Å². The molecular weight excluding hydrogens is 218 g/mol. The molecule has 0 amide bonds. The zero-order valence-electron chi connectivity index (χ0n) is 10.6. The van der Waals surface area contributed by atoms with Gasteiger partial charge in [0.1, 0.15) is 0 Å². The lowest BCUT2D eigenvalue weighted by molar-refractivity contribution is -0.183. The molecule has 1 aliphatic heterocycles. The molecule has 98 valence electrons. The number of hydrogen-bond donors (Lipinski definition) is 2. The third kappa shape index (κ3) is 2.08. The number of nitrogens with one attached hydrogen (secondary N) is 1. The number of piperidine rings is 1. The van der Waals surface area contributed by atoms with Crippen LogP contribution in [0.4, 0.5) is 0 Å². The van der Waals surface area contributed by atoms with E-state index >= 15 is 0 Å². The Hall–Kier alpha value is -0.610. The van der Waals surface area contributed by atoms with Gasteiger partial charge in [-0.15, -0.1) is 0 Å². The predicted octanol–water partition coefficient (Wildman–Crippen LogP) is 1.22. The van der Waals surface area contributed by atoms with Crippen LogP contribution in [0.2, 0.25) is 0 Å². The van der Waals surface area contributed by atoms with Gasteiger partial charge < -0.3 is 15.2 Å². The molecular formula is C13H23NO3. The summed E-state index contributed by atoms with van der Waals surface area (Å²) < 4.78 is 4.99. The van der Waals surface area contributed by atoms with E-state index in [1.165, 1.54) is 7.11 Å². The van der Waals surface area contributed by atoms with E-state index in [4.69, 9.17) is 4.74 Å². The Morgan fingerprint density at radius 3 is 2.24 bits per heavy atom. The van der Waals surface area contributed by atoms with E-state index in [0.717, 1.165) is 45.2 Å². The molecule has 0 bridgehead atoms. The van der Waals surface area contributed by atoms with Crippen LogP contribution in [0.5, 0.6) is 0 Å². The fraction of sp³-hybridized carbons (Fsp3) is 0.923. The molecule has 2 aliphatic rings. The summed E-state index contributed by atoms with van der Waals surface area (Å²) in [5.74, 6) is -0.207. The molecule has 2 N–H and O–H groups in total. The zero-order chi connectivity index (χ0) is 12.4. The first-order chi connectivity index (χ1) is 8.15. The van der Waals surface area contributed by atoms with Crippen molar-refractivity contribution < 1.29 is 14.6 Å². The normalized spacial score (nSPS) is 27.4. The van der Waals surface area contributed by atoms with Gasteiger partial charge >= 0.3 is 5.97 Å². The summed E-state index contributed by atoms with van der Waals surface area (Å²) in [5, 5.41) is 14.1. The highest BCUT2D eigenvalue weighted by Gasteiger charge is 2.56. The summed E-state index contributed by atoms with van der Waals surface area (Å²) >= 11 is 0. The van der Waals surface area contributed by atoms with Gasteiger partial charge in [0.05, 0.1) is 18.1 Å². The molecule has 1 aliphatic carbocycles. The van der Waals surface area contributed by atoms with Crippen molar-refractivity contribution in [2.24, 2.45) is 5.41 Å². The van der Waals surface area contributed by atoms with Gasteiger partial charge in [-0.2, -0.15) is 0 Å². The molecule has 0 radical (unpaired) electrons. The van der Waals surface area contributed by atoms with E-state index in [0.29, 0.717) is 12.8 Å². The van der Waals surface area contributed by atoms with Gasteiger partial charge in [-0.1, -0.05) is 19.3 Å². The lowest BCUT2D eigenvalue weighted by Crippen LogP contribution is -2.58. The van der Waals surface area contributed by atoms with Crippen LogP contribution in [-0.4, -0.2) is 36.9 Å². The summed E-state index contributed by atoms with van der Waals surface area (Å²) in [6.45, 7) is 1.57. The molecule has 0 unspecified atom stereocenters. The van der Waals surface area contributed by atoms with Crippen LogP contribution >= 0.6 is 0 Å². The number of ether oxygens (including phenoxy) is 1. The summed E-state index contributed by atoms with van der Waals surface area (Å²) in [7, 11) is 1.43. The minimum atomic E-state index is -0.869. The third-order valence-corrected chi connectivity index (χ3v) is 4.60. The van der Waals surface area contributed by atoms with Crippen molar-refractivity contribution in [3.8, 4) is 0 Å². The fourth-order valence-corrected chi connectivity index (χ4v) is 3.53. The number of esters is 1. The number of hydrogen-bond acceptors (Lipinski definition) is 4. The van der Waals surface area contributed by atoms with Crippen LogP contribution in [0.3, 0.4) is 0 Å². The monoisotopic (exact) mass is 241 g/mol. The van der Waals surface area contributed by atoms with Crippen LogP contribution in [0.1, 0.15) is 44.9 Å². The summed E-state index contributed by atoms with van der Waals surface area (Å²) in [6.07, 6.45) is 6.05. The topological polar surface area (TPSA) is 58.6 Å². The Morgan fingerprint density at radius 2 is 1.71 bits per heavy atom. The predicted molar refractivity (Wildman–Crippen MR) is 64.6 cm³/mol. The SMILES string of the molecule is COC(=O)C1(C2(O)CCNCC2)CCCCC1. The Labute approximate surface area is 103 Å². The first kappa shape index (κ1) is 12.8. The maximum absolute atomic E-state index is 12.2. The highest BCUT2D eigenvalue weighted by atomic mass is 16.5. The van der Waals surface area contributed by atoms with E-state index in [1.54, 1.807) is 0 Å². The zero-order valence-corrected chi connectivity index (χ0v) is 10.6. The molecule has 0 spiro atoms. The molecule has 0 aromatic rings. The molecule has 17 heavy (non-hydrogen) atoms. The molecule has 1 saturated heterocycles. The minimum absolute atomic E-state index is 0.207. The Balaban J connectivity index is 2.27. The van der Waals surface area contributed by atoms with Crippen LogP contribution in [0.15, 0.2) is 0 Å². The van der Waals surface area contributed by atoms with E-state index in [9.17, 15) is 9.90 Å². The van der Waals surface area contributed by atoms with Crippen molar-refractivity contribution in [3.63, 3.8) is 0 Å². The number of carbonyl (C=O) groups excluding carboxylic acids is 1. The second-order valence-corrected chi connectivity index (χ2v) is 5.42. The maximum Gasteiger partial charge on any atom is 0.314 e. The van der Waals surface area contributed by atoms with Crippen molar-refractivity contribution >= 4 is 5.97 Å². The van der Waals surface area contributed by atoms with Gasteiger partial charge in [0, 0.05) is 0 Å². The van der Waals surface area contributed by atoms with Gasteiger partial charge in [0.15, 0.2) is 0 Å². The highest BCUT2D eigenvalue weighted by molar-refractivity contribution is 5.78. The third-order valence-electron chi connectivity index (χ3n) is 4.60. The van der Waals surface area contributed by atoms with E-state index in [1.807, 2.05) is 0 Å². The van der Waals surface area contributed by atoms with Gasteiger partial charge in [-0.3, -0.25) is 4.79 Å². The molecule has 4 heteroatoms. The maximum atomic E-state index is 12.2. The smallest absolute Gasteiger partial charge is 0.314 e. The van der Waals surface area contributed by atoms with Crippen molar-refractivity contribution in [1.82, 2.24) is 5.32 Å². The molecule has 0 aromatic carbocycles. The van der Waals surface area contributed by atoms with Gasteiger partial charge in [-0.05, 0) is 38.8 Å². The van der Waals surface area contributed by atoms with E-state index < -0.39 is 11.0 Å². The molecule has 0 atom stereocenters. The number of aliphatic hydroxyl groups is 1. The van der Waals surface area contributed by atoms with Crippen LogP contribution in [0.25, 0.3) is 0 Å². The summed E-state index contributed by atoms with van der Waals surface area (Å²) in [6, 6.07) is 0. The first-order valence-electron chi connectivity index (χ1n) is 6.66. The van der Waals surface area contributed by atoms with Crippen LogP contribution < -0.4 is 5.32 Å². The van der Waals surface area contributed by atoms with E-state index in [2.05, 4.69) is 5.32 Å². The fourth-order valence-electron chi connectivity index (χ4n) is 3.53. The molecule has 1 heterocycles. The molecule has 2 rings (SSSR count). The average molecular weight is 241 g/mol. The van der Waals surface area contributed by atoms with Gasteiger partial charge in [0.25, 0.3) is 0 Å². The summed E-state index contributed by atoms with van der Waals surface area (Å²) in [5.41, 5.74) is -1.52. The average Bonchev–Trinajstić information content (AvgIpc) is 2.39. The first-order valence-corrected chi connectivity index (χ1v) is 6.66. The van der Waals surface area contributed by atoms with Crippen LogP contribution in [0, 0.1) is 5.41 Å². The second-order valence-electron chi connectivity index (χ2n) is 5.42. The lowest BCUT2D eigenvalue weighted by Gasteiger charge is -2.49. The highest BCUT2D eigenvalue weighted by Crippen LogP contribution is 2.49. The molecule has 0 aromatic heterocycles. The van der Waals surface area contributed by atoms with E-state index in [-0.39, 0.29) is 5.97 Å². The Bertz CT molecular complexity index is 278. The van der Waals surface area contributed by atoms with Crippen molar-refractivity contribution in [2.75, 3.05) is 20.2 Å². The summed E-state index contributed by atoms with van der Waals surface area (Å²) in [4.78, 5) is 12.2. The molecule has 2 fully saturated rings. The standard InChI is InChI=1S/C13H23NO3/c1-17-11(15)12(5-3-2-4-6-12)13(16)7-9-14-10-8-13/h14,16H,2-10H2,1H3. The Kier molecular flexibility index (Phi) is 3.73. The number of carbonyl (C=O) groups is 1. The lowest BCUT2D eigenvalue weighted by atomic mass is 9.60. The largest absolute Gasteiger partial charge is 0.469 e. The minimum Gasteiger partial charge on any atom is -0.469 e. The quantitative estimate of drug-likeness (QED) is 0.714. The van der Waals surface area contributed by atoms with Gasteiger partial charge in [-0.25, -0.2) is 0 Å². The number of rotatable bonds is 2. The Morgan fingerprint density at radius 1 is 1.12 bits per heavy atom. The molecule has 4 nitrogen and oxygen atoms in total. The molecule has 1 saturated carbocycles.